The molecule has 6 rings (SSSR count). The van der Waals surface area contributed by atoms with Crippen LogP contribution in [0.3, 0.4) is 0 Å². The second-order valence-electron chi connectivity index (χ2n) is 10.5. The number of anilines is 3. The molecule has 1 saturated heterocycles. The van der Waals surface area contributed by atoms with Crippen molar-refractivity contribution < 1.29 is 30.0 Å². The van der Waals surface area contributed by atoms with Gasteiger partial charge in [-0.05, 0) is 61.2 Å². The predicted octanol–water partition coefficient (Wildman–Crippen LogP) is 4.00. The van der Waals surface area contributed by atoms with Crippen LogP contribution in [0, 0.1) is 0 Å². The van der Waals surface area contributed by atoms with Crippen LogP contribution in [0.15, 0.2) is 65.6 Å². The van der Waals surface area contributed by atoms with E-state index < -0.39 is 31.8 Å². The number of sulfonamides is 2. The highest BCUT2D eigenvalue weighted by molar-refractivity contribution is 7.93. The van der Waals surface area contributed by atoms with E-state index in [0.717, 1.165) is 0 Å². The molecule has 2 fully saturated rings. The number of hydrogen-bond acceptors (Lipinski definition) is 9. The van der Waals surface area contributed by atoms with Gasteiger partial charge >= 0.3 is 6.18 Å². The molecule has 0 spiro atoms. The van der Waals surface area contributed by atoms with E-state index in [2.05, 4.69) is 25.6 Å². The maximum absolute atomic E-state index is 13.9. The van der Waals surface area contributed by atoms with Crippen molar-refractivity contribution in [3.63, 3.8) is 0 Å². The third-order valence-electron chi connectivity index (χ3n) is 7.45. The van der Waals surface area contributed by atoms with Crippen molar-refractivity contribution in [1.29, 1.82) is 0 Å². The Morgan fingerprint density at radius 1 is 0.953 bits per heavy atom. The van der Waals surface area contributed by atoms with Gasteiger partial charge in [0.25, 0.3) is 0 Å². The number of halogens is 3. The summed E-state index contributed by atoms with van der Waals surface area (Å²) in [6, 6.07) is 15.9. The first-order valence-corrected chi connectivity index (χ1v) is 16.4. The van der Waals surface area contributed by atoms with Gasteiger partial charge in [0.1, 0.15) is 11.1 Å². The lowest BCUT2D eigenvalue weighted by Crippen LogP contribution is -2.39. The number of pyridine rings is 1. The molecular weight excluding hydrogens is 607 g/mol. The Hall–Kier alpha value is -4.02. The zero-order chi connectivity index (χ0) is 30.6. The van der Waals surface area contributed by atoms with Crippen LogP contribution < -0.4 is 20.1 Å². The molecule has 0 unspecified atom stereocenters. The topological polar surface area (TPSA) is 160 Å². The summed E-state index contributed by atoms with van der Waals surface area (Å²) in [4.78, 5) is 13.3. The Bertz CT molecular complexity index is 1920. The van der Waals surface area contributed by atoms with E-state index in [0.29, 0.717) is 41.0 Å². The van der Waals surface area contributed by atoms with Crippen molar-refractivity contribution in [2.24, 2.45) is 5.14 Å². The summed E-state index contributed by atoms with van der Waals surface area (Å²) in [7, 11) is -7.20. The van der Waals surface area contributed by atoms with Gasteiger partial charge < -0.3 is 10.6 Å². The number of nitrogens with two attached hydrogens (primary N) is 1. The molecule has 4 aromatic rings. The van der Waals surface area contributed by atoms with Crippen molar-refractivity contribution in [3.05, 3.63) is 66.2 Å². The number of nitrogens with zero attached hydrogens (tertiary/aromatic N) is 4. The first-order valence-electron chi connectivity index (χ1n) is 13.2. The lowest BCUT2D eigenvalue weighted by molar-refractivity contribution is -0.151. The third-order valence-corrected chi connectivity index (χ3v) is 10.2. The van der Waals surface area contributed by atoms with E-state index >= 15 is 0 Å². The van der Waals surface area contributed by atoms with Gasteiger partial charge in [-0.1, -0.05) is 24.3 Å². The fourth-order valence-electron chi connectivity index (χ4n) is 4.88. The molecule has 0 amide bonds. The molecule has 0 bridgehead atoms. The van der Waals surface area contributed by atoms with Gasteiger partial charge in [-0.25, -0.2) is 31.9 Å². The standard InChI is InChI=1S/C27H26F3N7O4S2/c28-27(29,30)26(12-13-26)36-24-23-22(34-25(35-24)32-16-17-2-8-20(9-3-17)43(31,40)41)11-10-21(33-23)18-4-6-19(7-5-18)37-14-1-15-42(37,38)39/h2-11H,1,12-16H2,(H2,31,40,41)(H2,32,34,35,36). The first-order chi connectivity index (χ1) is 20.2. The van der Waals surface area contributed by atoms with Crippen LogP contribution in [-0.4, -0.2) is 55.8 Å². The fourth-order valence-corrected chi connectivity index (χ4v) is 6.96. The van der Waals surface area contributed by atoms with E-state index in [4.69, 9.17) is 5.14 Å². The maximum Gasteiger partial charge on any atom is 0.411 e. The van der Waals surface area contributed by atoms with Gasteiger partial charge in [-0.15, -0.1) is 0 Å². The molecule has 3 heterocycles. The van der Waals surface area contributed by atoms with Crippen molar-refractivity contribution in [2.75, 3.05) is 27.2 Å². The maximum atomic E-state index is 13.9. The highest BCUT2D eigenvalue weighted by Crippen LogP contribution is 2.51. The van der Waals surface area contributed by atoms with Gasteiger partial charge in [-0.3, -0.25) is 4.31 Å². The van der Waals surface area contributed by atoms with Gasteiger partial charge in [-0.2, -0.15) is 18.2 Å². The molecule has 4 N–H and O–H groups in total. The Morgan fingerprint density at radius 2 is 1.65 bits per heavy atom. The molecular formula is C27H26F3N7O4S2. The average Bonchev–Trinajstić information content (AvgIpc) is 3.67. The van der Waals surface area contributed by atoms with E-state index in [1.807, 2.05) is 0 Å². The second-order valence-corrected chi connectivity index (χ2v) is 14.1. The van der Waals surface area contributed by atoms with Crippen molar-refractivity contribution in [1.82, 2.24) is 15.0 Å². The van der Waals surface area contributed by atoms with Crippen LogP contribution in [0.1, 0.15) is 24.8 Å². The number of primary sulfonamides is 1. The summed E-state index contributed by atoms with van der Waals surface area (Å²) in [5.41, 5.74) is 0.600. The molecule has 1 aliphatic carbocycles. The molecule has 2 aliphatic rings. The molecule has 1 aliphatic heterocycles. The predicted molar refractivity (Wildman–Crippen MR) is 155 cm³/mol. The van der Waals surface area contributed by atoms with E-state index in [1.54, 1.807) is 48.5 Å². The molecule has 2 aromatic heterocycles. The lowest BCUT2D eigenvalue weighted by Gasteiger charge is -2.22. The van der Waals surface area contributed by atoms with Gasteiger partial charge in [0, 0.05) is 18.7 Å². The molecule has 16 heteroatoms. The quantitative estimate of drug-likeness (QED) is 0.261. The normalized spacial score (nSPS) is 17.6. The molecule has 2 aromatic carbocycles. The Labute approximate surface area is 245 Å². The van der Waals surface area contributed by atoms with E-state index in [-0.39, 0.29) is 47.3 Å². The minimum absolute atomic E-state index is 0.0502. The van der Waals surface area contributed by atoms with Crippen molar-refractivity contribution in [2.45, 2.75) is 42.4 Å². The van der Waals surface area contributed by atoms with Crippen LogP contribution in [0.25, 0.3) is 22.3 Å². The first kappa shape index (κ1) is 29.1. The molecule has 0 atom stereocenters. The van der Waals surface area contributed by atoms with Gasteiger partial charge in [0.2, 0.25) is 26.0 Å². The van der Waals surface area contributed by atoms with Crippen LogP contribution in [-0.2, 0) is 26.6 Å². The number of rotatable bonds is 8. The largest absolute Gasteiger partial charge is 0.411 e. The third kappa shape index (κ3) is 5.81. The van der Waals surface area contributed by atoms with Gasteiger partial charge in [0.15, 0.2) is 5.82 Å². The number of benzene rings is 2. The molecule has 43 heavy (non-hydrogen) atoms. The Balaban J connectivity index is 1.32. The lowest BCUT2D eigenvalue weighted by atomic mass is 10.1. The highest BCUT2D eigenvalue weighted by atomic mass is 32.2. The summed E-state index contributed by atoms with van der Waals surface area (Å²) in [5.74, 6) is 0.0560. The second kappa shape index (κ2) is 10.3. The van der Waals surface area contributed by atoms with E-state index in [1.165, 1.54) is 16.4 Å². The molecule has 1 saturated carbocycles. The zero-order valence-electron chi connectivity index (χ0n) is 22.5. The summed E-state index contributed by atoms with van der Waals surface area (Å²) in [5, 5.41) is 10.7. The number of hydrogen-bond donors (Lipinski definition) is 3. The molecule has 11 nitrogen and oxygen atoms in total. The van der Waals surface area contributed by atoms with Crippen LogP contribution in [0.4, 0.5) is 30.6 Å². The average molecular weight is 634 g/mol. The number of aromatic nitrogens is 3. The molecule has 0 radical (unpaired) electrons. The van der Waals surface area contributed by atoms with Crippen molar-refractivity contribution >= 4 is 48.5 Å². The van der Waals surface area contributed by atoms with Crippen LogP contribution in [0.5, 0.6) is 0 Å². The SMILES string of the molecule is NS(=O)(=O)c1ccc(CNc2nc(NC3(C(F)(F)F)CC3)c3nc(-c4ccc(N5CCCS5(=O)=O)cc4)ccc3n2)cc1. The Morgan fingerprint density at radius 3 is 2.23 bits per heavy atom. The van der Waals surface area contributed by atoms with Crippen LogP contribution >= 0.6 is 0 Å². The minimum Gasteiger partial charge on any atom is -0.354 e. The monoisotopic (exact) mass is 633 g/mol. The molecule has 226 valence electrons. The number of nitrogens with one attached hydrogen (secondary N) is 2. The number of alkyl halides is 3. The van der Waals surface area contributed by atoms with Crippen LogP contribution in [0.2, 0.25) is 0 Å². The minimum atomic E-state index is -4.51. The zero-order valence-corrected chi connectivity index (χ0v) is 24.1. The summed E-state index contributed by atoms with van der Waals surface area (Å²) < 4.78 is 90.6. The Kier molecular flexibility index (Phi) is 6.97. The van der Waals surface area contributed by atoms with E-state index in [9.17, 15) is 30.0 Å². The van der Waals surface area contributed by atoms with Gasteiger partial charge in [0.05, 0.1) is 27.5 Å². The smallest absolute Gasteiger partial charge is 0.354 e. The summed E-state index contributed by atoms with van der Waals surface area (Å²) in [6.07, 6.45) is -4.18. The fraction of sp³-hybridized carbons (Fsp3) is 0.296. The number of fused-ring (bicyclic) bond motifs is 1. The summed E-state index contributed by atoms with van der Waals surface area (Å²) in [6.45, 7) is 0.561. The van der Waals surface area contributed by atoms with Crippen molar-refractivity contribution in [3.8, 4) is 11.3 Å². The highest BCUT2D eigenvalue weighted by Gasteiger charge is 2.64. The summed E-state index contributed by atoms with van der Waals surface area (Å²) >= 11 is 0.